The molecule has 3 heteroatoms. The first-order valence-corrected chi connectivity index (χ1v) is 4.41. The third-order valence-electron chi connectivity index (χ3n) is 1.28. The molecule has 11 heavy (non-hydrogen) atoms. The van der Waals surface area contributed by atoms with Gasteiger partial charge < -0.3 is 0 Å². The van der Waals surface area contributed by atoms with E-state index in [-0.39, 0.29) is 0 Å². The topological polar surface area (TPSA) is 17.8 Å². The van der Waals surface area contributed by atoms with Crippen molar-refractivity contribution in [1.82, 2.24) is 9.78 Å². The van der Waals surface area contributed by atoms with E-state index in [2.05, 4.69) is 34.0 Å². The lowest BCUT2D eigenvalue weighted by molar-refractivity contribution is 0.767. The van der Waals surface area contributed by atoms with Crippen LogP contribution < -0.4 is 0 Å². The number of hydrogen-bond acceptors (Lipinski definition) is 1. The molecular weight excluding hydrogens is 204 g/mol. The summed E-state index contributed by atoms with van der Waals surface area (Å²) in [6.07, 6.45) is 7.95. The average Bonchev–Trinajstić information content (AvgIpc) is 2.31. The Morgan fingerprint density at radius 1 is 1.73 bits per heavy atom. The van der Waals surface area contributed by atoms with E-state index in [4.69, 9.17) is 0 Å². The van der Waals surface area contributed by atoms with E-state index in [1.807, 2.05) is 25.5 Å². The van der Waals surface area contributed by atoms with Crippen molar-refractivity contribution < 1.29 is 0 Å². The number of allylic oxidation sites excluding steroid dienone is 1. The van der Waals surface area contributed by atoms with Crippen LogP contribution in [0.25, 0.3) is 6.08 Å². The minimum atomic E-state index is 0.419. The van der Waals surface area contributed by atoms with Gasteiger partial charge in [0, 0.05) is 23.6 Å². The van der Waals surface area contributed by atoms with Crippen molar-refractivity contribution in [1.29, 1.82) is 0 Å². The van der Waals surface area contributed by atoms with Gasteiger partial charge in [-0.1, -0.05) is 28.1 Å². The Balaban J connectivity index is 2.64. The van der Waals surface area contributed by atoms with Gasteiger partial charge in [0.1, 0.15) is 0 Å². The number of aromatic nitrogens is 2. The maximum atomic E-state index is 4.04. The van der Waals surface area contributed by atoms with Gasteiger partial charge in [-0.3, -0.25) is 4.68 Å². The molecule has 1 aromatic heterocycles. The number of alkyl halides is 1. The summed E-state index contributed by atoms with van der Waals surface area (Å²) < 4.78 is 1.79. The van der Waals surface area contributed by atoms with Crippen LogP contribution in [-0.2, 0) is 7.05 Å². The van der Waals surface area contributed by atoms with E-state index in [0.717, 1.165) is 5.56 Å². The quantitative estimate of drug-likeness (QED) is 0.691. The van der Waals surface area contributed by atoms with Gasteiger partial charge in [0.05, 0.1) is 6.20 Å². The van der Waals surface area contributed by atoms with E-state index >= 15 is 0 Å². The van der Waals surface area contributed by atoms with Crippen LogP contribution in [0.5, 0.6) is 0 Å². The second kappa shape index (κ2) is 3.72. The molecule has 1 rings (SSSR count). The summed E-state index contributed by atoms with van der Waals surface area (Å²) in [6, 6.07) is 0. The molecule has 0 saturated carbocycles. The van der Waals surface area contributed by atoms with Crippen LogP contribution in [0, 0.1) is 0 Å². The summed E-state index contributed by atoms with van der Waals surface area (Å²) >= 11 is 3.42. The summed E-state index contributed by atoms with van der Waals surface area (Å²) in [4.78, 5) is 0.419. The molecule has 0 fully saturated rings. The van der Waals surface area contributed by atoms with Crippen molar-refractivity contribution in [2.75, 3.05) is 0 Å². The van der Waals surface area contributed by atoms with Gasteiger partial charge >= 0.3 is 0 Å². The molecule has 1 atom stereocenters. The predicted molar refractivity (Wildman–Crippen MR) is 50.6 cm³/mol. The number of nitrogens with zero attached hydrogens (tertiary/aromatic N) is 2. The molecule has 0 bridgehead atoms. The minimum absolute atomic E-state index is 0.419. The first kappa shape index (κ1) is 8.53. The van der Waals surface area contributed by atoms with Crippen molar-refractivity contribution >= 4 is 22.0 Å². The van der Waals surface area contributed by atoms with Gasteiger partial charge in [0.25, 0.3) is 0 Å². The summed E-state index contributed by atoms with van der Waals surface area (Å²) in [5.41, 5.74) is 1.14. The van der Waals surface area contributed by atoms with Crippen LogP contribution >= 0.6 is 15.9 Å². The monoisotopic (exact) mass is 214 g/mol. The Hall–Kier alpha value is -0.570. The molecule has 0 aromatic carbocycles. The van der Waals surface area contributed by atoms with Crippen molar-refractivity contribution in [3.05, 3.63) is 24.0 Å². The number of halogens is 1. The molecule has 1 aromatic rings. The zero-order chi connectivity index (χ0) is 8.27. The zero-order valence-electron chi connectivity index (χ0n) is 6.66. The first-order chi connectivity index (χ1) is 5.18. The molecule has 1 unspecified atom stereocenters. The van der Waals surface area contributed by atoms with E-state index < -0.39 is 0 Å². The number of hydrogen-bond donors (Lipinski definition) is 0. The van der Waals surface area contributed by atoms with Gasteiger partial charge in [-0.05, 0) is 6.92 Å². The highest BCUT2D eigenvalue weighted by Gasteiger charge is 1.90. The average molecular weight is 215 g/mol. The highest BCUT2D eigenvalue weighted by atomic mass is 79.9. The standard InChI is InChI=1S/C8H11BrN2/c1-7(9)3-4-8-5-10-11(2)6-8/h3-7H,1-2H3/b4-3+. The normalized spacial score (nSPS) is 14.1. The molecule has 60 valence electrons. The third-order valence-corrected chi connectivity index (χ3v) is 1.58. The third kappa shape index (κ3) is 2.89. The Morgan fingerprint density at radius 2 is 2.45 bits per heavy atom. The Bertz CT molecular complexity index is 250. The molecular formula is C8H11BrN2. The second-order valence-corrected chi connectivity index (χ2v) is 3.93. The van der Waals surface area contributed by atoms with E-state index in [1.165, 1.54) is 0 Å². The minimum Gasteiger partial charge on any atom is -0.275 e. The Morgan fingerprint density at radius 3 is 2.91 bits per heavy atom. The van der Waals surface area contributed by atoms with Gasteiger partial charge in [0.2, 0.25) is 0 Å². The zero-order valence-corrected chi connectivity index (χ0v) is 8.25. The van der Waals surface area contributed by atoms with Crippen molar-refractivity contribution in [3.63, 3.8) is 0 Å². The highest BCUT2D eigenvalue weighted by molar-refractivity contribution is 9.09. The fourth-order valence-corrected chi connectivity index (χ4v) is 0.923. The molecule has 0 aliphatic rings. The number of aryl methyl sites for hydroxylation is 1. The second-order valence-electron chi connectivity index (χ2n) is 2.48. The Kier molecular flexibility index (Phi) is 2.88. The lowest BCUT2D eigenvalue weighted by Crippen LogP contribution is -1.84. The molecule has 0 N–H and O–H groups in total. The predicted octanol–water partition coefficient (Wildman–Crippen LogP) is 2.22. The van der Waals surface area contributed by atoms with Gasteiger partial charge in [-0.25, -0.2) is 0 Å². The van der Waals surface area contributed by atoms with Crippen LogP contribution in [0.4, 0.5) is 0 Å². The molecule has 0 aliphatic heterocycles. The summed E-state index contributed by atoms with van der Waals surface area (Å²) in [7, 11) is 1.91. The fourth-order valence-electron chi connectivity index (χ4n) is 0.770. The number of rotatable bonds is 2. The van der Waals surface area contributed by atoms with Gasteiger partial charge in [0.15, 0.2) is 0 Å². The van der Waals surface area contributed by atoms with Crippen LogP contribution in [0.3, 0.4) is 0 Å². The van der Waals surface area contributed by atoms with Crippen LogP contribution in [0.2, 0.25) is 0 Å². The van der Waals surface area contributed by atoms with Gasteiger partial charge in [-0.15, -0.1) is 0 Å². The van der Waals surface area contributed by atoms with E-state index in [0.29, 0.717) is 4.83 Å². The Labute approximate surface area is 75.0 Å². The van der Waals surface area contributed by atoms with Gasteiger partial charge in [-0.2, -0.15) is 5.10 Å². The van der Waals surface area contributed by atoms with Crippen molar-refractivity contribution in [3.8, 4) is 0 Å². The van der Waals surface area contributed by atoms with Crippen LogP contribution in [0.15, 0.2) is 18.5 Å². The van der Waals surface area contributed by atoms with Crippen LogP contribution in [0.1, 0.15) is 12.5 Å². The summed E-state index contributed by atoms with van der Waals surface area (Å²) in [5, 5.41) is 4.04. The van der Waals surface area contributed by atoms with Crippen molar-refractivity contribution in [2.45, 2.75) is 11.8 Å². The lowest BCUT2D eigenvalue weighted by Gasteiger charge is -1.88. The molecule has 0 aliphatic carbocycles. The van der Waals surface area contributed by atoms with Crippen LogP contribution in [-0.4, -0.2) is 14.6 Å². The molecule has 0 radical (unpaired) electrons. The highest BCUT2D eigenvalue weighted by Crippen LogP contribution is 2.04. The lowest BCUT2D eigenvalue weighted by atomic mass is 10.3. The molecule has 0 spiro atoms. The van der Waals surface area contributed by atoms with Crippen molar-refractivity contribution in [2.24, 2.45) is 7.05 Å². The molecule has 0 amide bonds. The largest absolute Gasteiger partial charge is 0.275 e. The summed E-state index contributed by atoms with van der Waals surface area (Å²) in [5.74, 6) is 0. The van der Waals surface area contributed by atoms with E-state index in [1.54, 1.807) is 4.68 Å². The smallest absolute Gasteiger partial charge is 0.0562 e. The molecule has 1 heterocycles. The maximum absolute atomic E-state index is 4.04. The maximum Gasteiger partial charge on any atom is 0.0562 e. The molecule has 0 saturated heterocycles. The first-order valence-electron chi connectivity index (χ1n) is 3.49. The summed E-state index contributed by atoms with van der Waals surface area (Å²) in [6.45, 7) is 2.08. The fraction of sp³-hybridized carbons (Fsp3) is 0.375. The SMILES string of the molecule is CC(Br)/C=C/c1cnn(C)c1. The van der Waals surface area contributed by atoms with E-state index in [9.17, 15) is 0 Å². The molecule has 2 nitrogen and oxygen atoms in total.